The minimum atomic E-state index is -0.0457. The summed E-state index contributed by atoms with van der Waals surface area (Å²) < 4.78 is 5.48. The Labute approximate surface area is 105 Å². The number of nitrogens with two attached hydrogens (primary N) is 1. The lowest BCUT2D eigenvalue weighted by Gasteiger charge is -2.26. The van der Waals surface area contributed by atoms with Gasteiger partial charge in [0.25, 0.3) is 0 Å². The Balaban J connectivity index is 2.77. The van der Waals surface area contributed by atoms with Gasteiger partial charge in [0.2, 0.25) is 0 Å². The third-order valence-corrected chi connectivity index (χ3v) is 3.19. The van der Waals surface area contributed by atoms with E-state index in [2.05, 4.69) is 45.0 Å². The maximum atomic E-state index is 6.25. The Bertz CT molecular complexity index is 318. The van der Waals surface area contributed by atoms with E-state index >= 15 is 0 Å². The highest BCUT2D eigenvalue weighted by atomic mass is 16.5. The van der Waals surface area contributed by atoms with E-state index in [-0.39, 0.29) is 12.1 Å². The van der Waals surface area contributed by atoms with Crippen LogP contribution in [-0.4, -0.2) is 13.2 Å². The molecule has 0 fully saturated rings. The van der Waals surface area contributed by atoms with Crippen LogP contribution in [0.25, 0.3) is 0 Å². The molecule has 0 saturated carbocycles. The summed E-state index contributed by atoms with van der Waals surface area (Å²) in [7, 11) is 1.73. The van der Waals surface area contributed by atoms with Crippen LogP contribution in [0.15, 0.2) is 24.3 Å². The number of rotatable bonds is 6. The second kappa shape index (κ2) is 6.77. The quantitative estimate of drug-likeness (QED) is 0.821. The Morgan fingerprint density at radius 2 is 1.76 bits per heavy atom. The lowest BCUT2D eigenvalue weighted by atomic mass is 9.93. The number of methoxy groups -OCH3 is 1. The van der Waals surface area contributed by atoms with Gasteiger partial charge >= 0.3 is 0 Å². The van der Waals surface area contributed by atoms with Gasteiger partial charge in [-0.05, 0) is 23.5 Å². The predicted molar refractivity (Wildman–Crippen MR) is 73.0 cm³/mol. The maximum Gasteiger partial charge on any atom is 0.0786 e. The molecule has 17 heavy (non-hydrogen) atoms. The minimum Gasteiger partial charge on any atom is -0.379 e. The summed E-state index contributed by atoms with van der Waals surface area (Å²) in [5, 5.41) is 0. The zero-order valence-corrected chi connectivity index (χ0v) is 11.4. The van der Waals surface area contributed by atoms with Crippen molar-refractivity contribution in [3.8, 4) is 0 Å². The van der Waals surface area contributed by atoms with Crippen molar-refractivity contribution in [2.24, 2.45) is 11.7 Å². The summed E-state index contributed by atoms with van der Waals surface area (Å²) in [5.41, 5.74) is 8.78. The highest BCUT2D eigenvalue weighted by Gasteiger charge is 2.22. The fourth-order valence-corrected chi connectivity index (χ4v) is 2.22. The van der Waals surface area contributed by atoms with E-state index in [1.807, 2.05) is 0 Å². The summed E-state index contributed by atoms with van der Waals surface area (Å²) in [6.45, 7) is 6.47. The molecule has 1 aromatic carbocycles. The van der Waals surface area contributed by atoms with Gasteiger partial charge in [0.05, 0.1) is 12.1 Å². The topological polar surface area (TPSA) is 35.2 Å². The van der Waals surface area contributed by atoms with Gasteiger partial charge in [0.1, 0.15) is 0 Å². The van der Waals surface area contributed by atoms with Gasteiger partial charge in [-0.15, -0.1) is 0 Å². The fraction of sp³-hybridized carbons (Fsp3) is 0.600. The molecule has 0 aliphatic carbocycles. The number of benzene rings is 1. The fourth-order valence-electron chi connectivity index (χ4n) is 2.22. The van der Waals surface area contributed by atoms with Crippen LogP contribution in [0, 0.1) is 5.92 Å². The van der Waals surface area contributed by atoms with Crippen molar-refractivity contribution < 1.29 is 4.74 Å². The van der Waals surface area contributed by atoms with Crippen molar-refractivity contribution in [2.45, 2.75) is 45.8 Å². The molecule has 0 aliphatic rings. The molecular weight excluding hydrogens is 210 g/mol. The van der Waals surface area contributed by atoms with E-state index in [9.17, 15) is 0 Å². The molecule has 2 unspecified atom stereocenters. The van der Waals surface area contributed by atoms with E-state index in [1.54, 1.807) is 7.11 Å². The lowest BCUT2D eigenvalue weighted by Crippen LogP contribution is -2.32. The molecule has 2 heteroatoms. The Kier molecular flexibility index (Phi) is 5.66. The zero-order valence-electron chi connectivity index (χ0n) is 11.4. The number of hydrogen-bond donors (Lipinski definition) is 1. The van der Waals surface area contributed by atoms with Gasteiger partial charge in [0.15, 0.2) is 0 Å². The normalized spacial score (nSPS) is 14.9. The molecule has 0 heterocycles. The average Bonchev–Trinajstić information content (AvgIpc) is 2.30. The van der Waals surface area contributed by atoms with E-state index in [1.165, 1.54) is 12.0 Å². The van der Waals surface area contributed by atoms with Crippen molar-refractivity contribution in [2.75, 3.05) is 7.11 Å². The standard InChI is InChI=1S/C15H25NO/c1-5-6-12-7-9-13(10-8-12)14(16)15(17-4)11(2)3/h7-11,14-15H,5-6,16H2,1-4H3. The third kappa shape index (κ3) is 3.83. The van der Waals surface area contributed by atoms with Crippen LogP contribution < -0.4 is 5.73 Å². The smallest absolute Gasteiger partial charge is 0.0786 e. The number of ether oxygens (including phenoxy) is 1. The first-order valence-corrected chi connectivity index (χ1v) is 6.47. The molecule has 2 N–H and O–H groups in total. The van der Waals surface area contributed by atoms with Crippen LogP contribution in [0.5, 0.6) is 0 Å². The van der Waals surface area contributed by atoms with E-state index in [0.717, 1.165) is 12.0 Å². The molecule has 96 valence electrons. The predicted octanol–water partition coefficient (Wildman–Crippen LogP) is 3.31. The molecule has 0 bridgehead atoms. The molecule has 0 saturated heterocycles. The van der Waals surface area contributed by atoms with Gasteiger partial charge in [-0.2, -0.15) is 0 Å². The van der Waals surface area contributed by atoms with Crippen LogP contribution in [0.1, 0.15) is 44.4 Å². The van der Waals surface area contributed by atoms with Crippen LogP contribution in [0.2, 0.25) is 0 Å². The second-order valence-electron chi connectivity index (χ2n) is 4.96. The van der Waals surface area contributed by atoms with E-state index < -0.39 is 0 Å². The first-order chi connectivity index (χ1) is 8.10. The molecule has 0 amide bonds. The molecule has 0 aliphatic heterocycles. The van der Waals surface area contributed by atoms with Gasteiger partial charge in [-0.25, -0.2) is 0 Å². The van der Waals surface area contributed by atoms with Crippen molar-refractivity contribution >= 4 is 0 Å². The maximum absolute atomic E-state index is 6.25. The lowest BCUT2D eigenvalue weighted by molar-refractivity contribution is 0.0437. The first kappa shape index (κ1) is 14.2. The Morgan fingerprint density at radius 3 is 2.18 bits per heavy atom. The van der Waals surface area contributed by atoms with E-state index in [0.29, 0.717) is 5.92 Å². The monoisotopic (exact) mass is 235 g/mol. The zero-order chi connectivity index (χ0) is 12.8. The highest BCUT2D eigenvalue weighted by molar-refractivity contribution is 5.25. The molecule has 0 spiro atoms. The van der Waals surface area contributed by atoms with Crippen LogP contribution in [0.4, 0.5) is 0 Å². The number of hydrogen-bond acceptors (Lipinski definition) is 2. The molecule has 2 nitrogen and oxygen atoms in total. The summed E-state index contributed by atoms with van der Waals surface area (Å²) in [6.07, 6.45) is 2.39. The second-order valence-corrected chi connectivity index (χ2v) is 4.96. The molecule has 1 rings (SSSR count). The van der Waals surface area contributed by atoms with Gasteiger partial charge in [-0.1, -0.05) is 51.5 Å². The Morgan fingerprint density at radius 1 is 1.18 bits per heavy atom. The van der Waals surface area contributed by atoms with Gasteiger partial charge in [-0.3, -0.25) is 0 Å². The third-order valence-electron chi connectivity index (χ3n) is 3.19. The van der Waals surface area contributed by atoms with Crippen LogP contribution >= 0.6 is 0 Å². The van der Waals surface area contributed by atoms with Crippen molar-refractivity contribution in [1.82, 2.24) is 0 Å². The summed E-state index contributed by atoms with van der Waals surface area (Å²) in [5.74, 6) is 0.422. The molecule has 2 atom stereocenters. The van der Waals surface area contributed by atoms with Crippen LogP contribution in [-0.2, 0) is 11.2 Å². The molecule has 0 radical (unpaired) electrons. The van der Waals surface area contributed by atoms with E-state index in [4.69, 9.17) is 10.5 Å². The van der Waals surface area contributed by atoms with Gasteiger partial charge < -0.3 is 10.5 Å². The minimum absolute atomic E-state index is 0.0457. The molecular formula is C15H25NO. The summed E-state index contributed by atoms with van der Waals surface area (Å²) in [4.78, 5) is 0. The van der Waals surface area contributed by atoms with Crippen molar-refractivity contribution in [1.29, 1.82) is 0 Å². The largest absolute Gasteiger partial charge is 0.379 e. The highest BCUT2D eigenvalue weighted by Crippen LogP contribution is 2.22. The van der Waals surface area contributed by atoms with Crippen LogP contribution in [0.3, 0.4) is 0 Å². The molecule has 0 aromatic heterocycles. The van der Waals surface area contributed by atoms with Crippen molar-refractivity contribution in [3.63, 3.8) is 0 Å². The van der Waals surface area contributed by atoms with Gasteiger partial charge in [0, 0.05) is 7.11 Å². The number of aryl methyl sites for hydroxylation is 1. The SMILES string of the molecule is CCCc1ccc(C(N)C(OC)C(C)C)cc1. The summed E-state index contributed by atoms with van der Waals surface area (Å²) >= 11 is 0. The Hall–Kier alpha value is -0.860. The average molecular weight is 235 g/mol. The molecule has 1 aromatic rings. The first-order valence-electron chi connectivity index (χ1n) is 6.47. The summed E-state index contributed by atoms with van der Waals surface area (Å²) in [6, 6.07) is 8.56. The van der Waals surface area contributed by atoms with Crippen molar-refractivity contribution in [3.05, 3.63) is 35.4 Å².